The van der Waals surface area contributed by atoms with E-state index in [-0.39, 0.29) is 10.6 Å². The number of anilines is 1. The SMILES string of the molecule is CNS(=O)(=O)c1cc(C(=O)OC(C(=O)Nc2ccc(OC)cc2)c2ccccc2)n(C)c1. The lowest BCUT2D eigenvalue weighted by Crippen LogP contribution is -2.26. The van der Waals surface area contributed by atoms with Gasteiger partial charge in [-0.2, -0.15) is 0 Å². The van der Waals surface area contributed by atoms with Crippen LogP contribution in [0.25, 0.3) is 0 Å². The summed E-state index contributed by atoms with van der Waals surface area (Å²) in [6.45, 7) is 0. The first kappa shape index (κ1) is 23.0. The van der Waals surface area contributed by atoms with Crippen LogP contribution in [0.15, 0.2) is 71.8 Å². The molecule has 32 heavy (non-hydrogen) atoms. The lowest BCUT2D eigenvalue weighted by atomic mass is 10.1. The van der Waals surface area contributed by atoms with Gasteiger partial charge in [-0.3, -0.25) is 4.79 Å². The number of esters is 1. The molecule has 1 amide bonds. The number of amides is 1. The molecule has 0 aliphatic heterocycles. The molecular weight excluding hydrogens is 434 g/mol. The van der Waals surface area contributed by atoms with Crippen LogP contribution >= 0.6 is 0 Å². The van der Waals surface area contributed by atoms with Crippen LogP contribution in [-0.2, 0) is 26.6 Å². The summed E-state index contributed by atoms with van der Waals surface area (Å²) < 4.78 is 38.2. The van der Waals surface area contributed by atoms with Gasteiger partial charge in [-0.1, -0.05) is 30.3 Å². The molecule has 0 radical (unpaired) electrons. The first-order valence-electron chi connectivity index (χ1n) is 9.56. The van der Waals surface area contributed by atoms with Crippen molar-refractivity contribution in [2.75, 3.05) is 19.5 Å². The fraction of sp³-hybridized carbons (Fsp3) is 0.182. The number of carbonyl (C=O) groups is 2. The van der Waals surface area contributed by atoms with Gasteiger partial charge in [-0.25, -0.2) is 17.9 Å². The summed E-state index contributed by atoms with van der Waals surface area (Å²) in [6.07, 6.45) is 0.0299. The summed E-state index contributed by atoms with van der Waals surface area (Å²) in [7, 11) is 0.579. The van der Waals surface area contributed by atoms with E-state index in [4.69, 9.17) is 9.47 Å². The van der Waals surface area contributed by atoms with Gasteiger partial charge >= 0.3 is 5.97 Å². The van der Waals surface area contributed by atoms with Crippen LogP contribution < -0.4 is 14.8 Å². The monoisotopic (exact) mass is 457 g/mol. The lowest BCUT2D eigenvalue weighted by molar-refractivity contribution is -0.125. The molecule has 0 spiro atoms. The Balaban J connectivity index is 1.87. The molecule has 0 bridgehead atoms. The molecule has 1 atom stereocenters. The molecular formula is C22H23N3O6S. The topological polar surface area (TPSA) is 116 Å². The van der Waals surface area contributed by atoms with Crippen LogP contribution in [-0.4, -0.2) is 39.0 Å². The maximum Gasteiger partial charge on any atom is 0.356 e. The van der Waals surface area contributed by atoms with E-state index in [2.05, 4.69) is 10.0 Å². The lowest BCUT2D eigenvalue weighted by Gasteiger charge is -2.18. The molecule has 2 aromatic carbocycles. The van der Waals surface area contributed by atoms with Crippen molar-refractivity contribution in [1.29, 1.82) is 0 Å². The largest absolute Gasteiger partial charge is 0.497 e. The van der Waals surface area contributed by atoms with E-state index in [0.717, 1.165) is 0 Å². The average Bonchev–Trinajstić information content (AvgIpc) is 3.21. The number of carbonyl (C=O) groups excluding carboxylic acids is 2. The van der Waals surface area contributed by atoms with Crippen molar-refractivity contribution < 1.29 is 27.5 Å². The Bertz CT molecular complexity index is 1200. The Kier molecular flexibility index (Phi) is 6.96. The van der Waals surface area contributed by atoms with Crippen LogP contribution in [0.1, 0.15) is 22.2 Å². The van der Waals surface area contributed by atoms with Crippen LogP contribution in [0.2, 0.25) is 0 Å². The van der Waals surface area contributed by atoms with Crippen LogP contribution in [0, 0.1) is 0 Å². The highest BCUT2D eigenvalue weighted by Gasteiger charge is 2.28. The van der Waals surface area contributed by atoms with Crippen molar-refractivity contribution in [3.63, 3.8) is 0 Å². The Morgan fingerprint density at radius 2 is 1.69 bits per heavy atom. The second-order valence-electron chi connectivity index (χ2n) is 6.79. The van der Waals surface area contributed by atoms with Crippen LogP contribution in [0.5, 0.6) is 5.75 Å². The quantitative estimate of drug-likeness (QED) is 0.502. The molecule has 0 saturated carbocycles. The number of aromatic nitrogens is 1. The summed E-state index contributed by atoms with van der Waals surface area (Å²) in [6, 6.07) is 16.4. The summed E-state index contributed by atoms with van der Waals surface area (Å²) in [5.41, 5.74) is 0.940. The van der Waals surface area contributed by atoms with Crippen molar-refractivity contribution >= 4 is 27.6 Å². The second-order valence-corrected chi connectivity index (χ2v) is 8.68. The van der Waals surface area contributed by atoms with E-state index in [9.17, 15) is 18.0 Å². The fourth-order valence-corrected chi connectivity index (χ4v) is 3.75. The number of rotatable bonds is 8. The Morgan fingerprint density at radius 3 is 2.28 bits per heavy atom. The minimum Gasteiger partial charge on any atom is -0.497 e. The van der Waals surface area contributed by atoms with Gasteiger partial charge in [0.25, 0.3) is 5.91 Å². The number of ether oxygens (including phenoxy) is 2. The molecule has 9 nitrogen and oxygen atoms in total. The van der Waals surface area contributed by atoms with Crippen LogP contribution in [0.3, 0.4) is 0 Å². The standard InChI is InChI=1S/C22H23N3O6S/c1-23-32(28,29)18-13-19(25(2)14-18)22(27)31-20(15-7-5-4-6-8-15)21(26)24-16-9-11-17(30-3)12-10-16/h4-14,20,23H,1-3H3,(H,24,26). The number of nitrogens with one attached hydrogen (secondary N) is 2. The van der Waals surface area contributed by atoms with Gasteiger partial charge in [0.15, 0.2) is 0 Å². The third kappa shape index (κ3) is 5.16. The summed E-state index contributed by atoms with van der Waals surface area (Å²) in [5.74, 6) is -0.777. The van der Waals surface area contributed by atoms with Crippen molar-refractivity contribution in [1.82, 2.24) is 9.29 Å². The molecule has 0 aliphatic carbocycles. The third-order valence-electron chi connectivity index (χ3n) is 4.69. The van der Waals surface area contributed by atoms with E-state index in [1.165, 1.54) is 38.0 Å². The summed E-state index contributed by atoms with van der Waals surface area (Å²) in [4.78, 5) is 25.8. The molecule has 1 unspecified atom stereocenters. The van der Waals surface area contributed by atoms with Gasteiger partial charge in [0.1, 0.15) is 16.3 Å². The molecule has 1 heterocycles. The van der Waals surface area contributed by atoms with Gasteiger partial charge in [0, 0.05) is 24.5 Å². The van der Waals surface area contributed by atoms with Crippen molar-refractivity contribution in [2.45, 2.75) is 11.0 Å². The number of sulfonamides is 1. The van der Waals surface area contributed by atoms with Gasteiger partial charge in [0.2, 0.25) is 16.1 Å². The third-order valence-corrected chi connectivity index (χ3v) is 6.07. The highest BCUT2D eigenvalue weighted by molar-refractivity contribution is 7.89. The van der Waals surface area contributed by atoms with Crippen molar-refractivity contribution in [2.24, 2.45) is 7.05 Å². The fourth-order valence-electron chi connectivity index (χ4n) is 2.95. The maximum atomic E-state index is 13.0. The zero-order chi connectivity index (χ0) is 23.3. The zero-order valence-electron chi connectivity index (χ0n) is 17.7. The molecule has 1 aromatic heterocycles. The normalized spacial score (nSPS) is 12.1. The van der Waals surface area contributed by atoms with Gasteiger partial charge in [-0.05, 0) is 37.4 Å². The van der Waals surface area contributed by atoms with Gasteiger partial charge in [-0.15, -0.1) is 0 Å². The zero-order valence-corrected chi connectivity index (χ0v) is 18.5. The number of nitrogens with zero attached hydrogens (tertiary/aromatic N) is 1. The minimum absolute atomic E-state index is 0.0167. The molecule has 0 aliphatic rings. The smallest absolute Gasteiger partial charge is 0.356 e. The second kappa shape index (κ2) is 9.67. The Labute approximate surface area is 186 Å². The average molecular weight is 458 g/mol. The first-order chi connectivity index (χ1) is 15.2. The number of aryl methyl sites for hydroxylation is 1. The molecule has 3 rings (SSSR count). The molecule has 2 N–H and O–H groups in total. The van der Waals surface area contributed by atoms with Crippen molar-refractivity contribution in [3.8, 4) is 5.75 Å². The molecule has 168 valence electrons. The van der Waals surface area contributed by atoms with E-state index in [1.54, 1.807) is 54.6 Å². The number of hydrogen-bond donors (Lipinski definition) is 2. The van der Waals surface area contributed by atoms with Gasteiger partial charge in [0.05, 0.1) is 7.11 Å². The predicted octanol–water partition coefficient (Wildman–Crippen LogP) is 2.48. The van der Waals surface area contributed by atoms with E-state index in [0.29, 0.717) is 17.0 Å². The molecule has 3 aromatic rings. The van der Waals surface area contributed by atoms with Crippen LogP contribution in [0.4, 0.5) is 5.69 Å². The highest BCUT2D eigenvalue weighted by Crippen LogP contribution is 2.24. The Morgan fingerprint density at radius 1 is 1.03 bits per heavy atom. The highest BCUT2D eigenvalue weighted by atomic mass is 32.2. The predicted molar refractivity (Wildman–Crippen MR) is 118 cm³/mol. The van der Waals surface area contributed by atoms with E-state index < -0.39 is 28.0 Å². The summed E-state index contributed by atoms with van der Waals surface area (Å²) >= 11 is 0. The van der Waals surface area contributed by atoms with Gasteiger partial charge < -0.3 is 19.4 Å². The van der Waals surface area contributed by atoms with Crippen molar-refractivity contribution in [3.05, 3.63) is 78.1 Å². The number of hydrogen-bond acceptors (Lipinski definition) is 6. The minimum atomic E-state index is -3.74. The summed E-state index contributed by atoms with van der Waals surface area (Å²) in [5, 5.41) is 2.72. The number of benzene rings is 2. The van der Waals surface area contributed by atoms with E-state index >= 15 is 0 Å². The first-order valence-corrected chi connectivity index (χ1v) is 11.0. The molecule has 0 fully saturated rings. The molecule has 10 heteroatoms. The number of methoxy groups -OCH3 is 1. The van der Waals surface area contributed by atoms with E-state index in [1.807, 2.05) is 0 Å². The maximum absolute atomic E-state index is 13.0. The molecule has 0 saturated heterocycles. The Hall–Kier alpha value is -3.63.